The van der Waals surface area contributed by atoms with E-state index in [1.165, 1.54) is 0 Å². The summed E-state index contributed by atoms with van der Waals surface area (Å²) in [5.41, 5.74) is 6.61. The first-order valence-electron chi connectivity index (χ1n) is 3.83. The molecule has 0 bridgehead atoms. The minimum atomic E-state index is -0.576. The van der Waals surface area contributed by atoms with Crippen molar-refractivity contribution in [3.05, 3.63) is 35.9 Å². The van der Waals surface area contributed by atoms with Crippen LogP contribution in [0.15, 0.2) is 30.3 Å². The first-order chi connectivity index (χ1) is 6.24. The molecular weight excluding hydrogens is 351 g/mol. The predicted octanol–water partition coefficient (Wildman–Crippen LogP) is 0.561. The maximum absolute atomic E-state index is 11.0. The van der Waals surface area contributed by atoms with Crippen LogP contribution in [0.1, 0.15) is 5.56 Å². The van der Waals surface area contributed by atoms with Gasteiger partial charge in [-0.3, -0.25) is 0 Å². The molecule has 0 aromatic heterocycles. The quantitative estimate of drug-likeness (QED) is 0.801. The van der Waals surface area contributed by atoms with Gasteiger partial charge in [0.1, 0.15) is 0 Å². The summed E-state index contributed by atoms with van der Waals surface area (Å²) in [7, 11) is 0. The Bertz CT molecular complexity index is 276. The molecule has 1 aromatic rings. The van der Waals surface area contributed by atoms with Crippen LogP contribution >= 0.6 is 0 Å². The fourth-order valence-electron chi connectivity index (χ4n) is 0.997. The molecular formula is C9H10AuNO2. The van der Waals surface area contributed by atoms with Crippen molar-refractivity contribution in [2.24, 2.45) is 5.73 Å². The molecule has 0 aliphatic carbocycles. The first-order valence-corrected chi connectivity index (χ1v) is 4.71. The van der Waals surface area contributed by atoms with E-state index in [0.29, 0.717) is 6.42 Å². The summed E-state index contributed by atoms with van der Waals surface area (Å²) in [6.45, 7) is 0. The minimum absolute atomic E-state index is 0.396. The van der Waals surface area contributed by atoms with Crippen molar-refractivity contribution in [3.8, 4) is 0 Å². The van der Waals surface area contributed by atoms with Crippen molar-refractivity contribution in [2.75, 3.05) is 0 Å². The molecule has 0 radical (unpaired) electrons. The summed E-state index contributed by atoms with van der Waals surface area (Å²) in [6, 6.07) is 9.03. The van der Waals surface area contributed by atoms with Crippen LogP contribution in [-0.4, -0.2) is 12.0 Å². The van der Waals surface area contributed by atoms with Crippen molar-refractivity contribution in [3.63, 3.8) is 0 Å². The van der Waals surface area contributed by atoms with E-state index in [1.807, 2.05) is 30.3 Å². The molecule has 1 atom stereocenters. The van der Waals surface area contributed by atoms with E-state index in [2.05, 4.69) is 3.24 Å². The molecule has 1 rings (SSSR count). The molecule has 3 nitrogen and oxygen atoms in total. The molecule has 0 spiro atoms. The molecule has 0 saturated carbocycles. The van der Waals surface area contributed by atoms with Gasteiger partial charge in [-0.2, -0.15) is 0 Å². The van der Waals surface area contributed by atoms with Crippen LogP contribution in [0.4, 0.5) is 0 Å². The van der Waals surface area contributed by atoms with Crippen LogP contribution in [0, 0.1) is 0 Å². The van der Waals surface area contributed by atoms with E-state index in [4.69, 9.17) is 5.73 Å². The number of rotatable bonds is 3. The van der Waals surface area contributed by atoms with Gasteiger partial charge in [-0.15, -0.1) is 0 Å². The molecule has 1 aromatic carbocycles. The van der Waals surface area contributed by atoms with Crippen molar-refractivity contribution < 1.29 is 29.5 Å². The monoisotopic (exact) mass is 361 g/mol. The molecule has 2 N–H and O–H groups in total. The number of benzene rings is 1. The van der Waals surface area contributed by atoms with Crippen molar-refractivity contribution in [1.82, 2.24) is 0 Å². The molecule has 0 fully saturated rings. The Hall–Kier alpha value is -0.610. The zero-order valence-corrected chi connectivity index (χ0v) is 9.03. The second-order valence-corrected chi connectivity index (χ2v) is 3.12. The zero-order chi connectivity index (χ0) is 9.68. The van der Waals surface area contributed by atoms with Crippen molar-refractivity contribution in [2.45, 2.75) is 12.5 Å². The summed E-state index contributed by atoms with van der Waals surface area (Å²) in [4.78, 5) is 11.0. The second kappa shape index (κ2) is 5.19. The third-order valence-electron chi connectivity index (χ3n) is 1.66. The predicted molar refractivity (Wildman–Crippen MR) is 44.2 cm³/mol. The molecule has 0 unspecified atom stereocenters. The maximum atomic E-state index is 11.0. The zero-order valence-electron chi connectivity index (χ0n) is 6.87. The summed E-state index contributed by atoms with van der Waals surface area (Å²) in [5.74, 6) is -0.396. The fourth-order valence-corrected chi connectivity index (χ4v) is 1.32. The van der Waals surface area contributed by atoms with Gasteiger partial charge in [0.05, 0.1) is 0 Å². The Morgan fingerprint density at radius 1 is 1.46 bits per heavy atom. The van der Waals surface area contributed by atoms with Crippen LogP contribution < -0.4 is 5.73 Å². The van der Waals surface area contributed by atoms with Gasteiger partial charge in [0.25, 0.3) is 0 Å². The van der Waals surface area contributed by atoms with E-state index in [1.54, 1.807) is 21.5 Å². The van der Waals surface area contributed by atoms with Gasteiger partial charge in [-0.05, 0) is 0 Å². The summed E-state index contributed by atoms with van der Waals surface area (Å²) in [5, 5.41) is 0. The second-order valence-electron chi connectivity index (χ2n) is 2.68. The SMILES string of the molecule is N[C@@H](Cc1ccccc1)C(=O)[O][Au]. The van der Waals surface area contributed by atoms with Gasteiger partial charge in [0.2, 0.25) is 0 Å². The van der Waals surface area contributed by atoms with Gasteiger partial charge >= 0.3 is 89.6 Å². The van der Waals surface area contributed by atoms with Crippen LogP contribution in [0.3, 0.4) is 0 Å². The van der Waals surface area contributed by atoms with Crippen molar-refractivity contribution in [1.29, 1.82) is 0 Å². The first kappa shape index (κ1) is 10.5. The Labute approximate surface area is 89.7 Å². The Balaban J connectivity index is 2.55. The molecule has 13 heavy (non-hydrogen) atoms. The van der Waals surface area contributed by atoms with Gasteiger partial charge in [-0.25, -0.2) is 0 Å². The van der Waals surface area contributed by atoms with Crippen LogP contribution in [0.2, 0.25) is 0 Å². The normalized spacial score (nSPS) is 12.2. The number of carbonyl (C=O) groups is 1. The topological polar surface area (TPSA) is 52.3 Å². The standard InChI is InChI=1S/C9H11NO2.Au/c10-8(9(11)12)6-7-4-2-1-3-5-7;/h1-5,8H,6,10H2,(H,11,12);/q;+1/p-1/t8-;/m0./s1. The van der Waals surface area contributed by atoms with Gasteiger partial charge in [-0.1, -0.05) is 0 Å². The van der Waals surface area contributed by atoms with Gasteiger partial charge in [0.15, 0.2) is 0 Å². The summed E-state index contributed by atoms with van der Waals surface area (Å²) >= 11 is 1.71. The summed E-state index contributed by atoms with van der Waals surface area (Å²) < 4.78 is 4.46. The van der Waals surface area contributed by atoms with Crippen LogP contribution in [-0.2, 0) is 35.9 Å². The molecule has 0 aliphatic heterocycles. The number of hydrogen-bond acceptors (Lipinski definition) is 3. The number of hydrogen-bond donors (Lipinski definition) is 1. The molecule has 0 saturated heterocycles. The Kier molecular flexibility index (Phi) is 4.18. The average molecular weight is 361 g/mol. The fraction of sp³-hybridized carbons (Fsp3) is 0.222. The van der Waals surface area contributed by atoms with Gasteiger partial charge in [0, 0.05) is 0 Å². The van der Waals surface area contributed by atoms with E-state index in [-0.39, 0.29) is 0 Å². The number of nitrogens with two attached hydrogens (primary N) is 1. The Morgan fingerprint density at radius 3 is 2.62 bits per heavy atom. The van der Waals surface area contributed by atoms with E-state index in [0.717, 1.165) is 5.56 Å². The van der Waals surface area contributed by atoms with E-state index >= 15 is 0 Å². The number of carbonyl (C=O) groups excluding carboxylic acids is 1. The average Bonchev–Trinajstić information content (AvgIpc) is 2.18. The molecule has 0 heterocycles. The van der Waals surface area contributed by atoms with Crippen molar-refractivity contribution >= 4 is 5.97 Å². The molecule has 74 valence electrons. The van der Waals surface area contributed by atoms with Crippen LogP contribution in [0.5, 0.6) is 0 Å². The van der Waals surface area contributed by atoms with Crippen LogP contribution in [0.25, 0.3) is 0 Å². The molecule has 0 aliphatic rings. The van der Waals surface area contributed by atoms with E-state index < -0.39 is 12.0 Å². The van der Waals surface area contributed by atoms with E-state index in [9.17, 15) is 4.79 Å². The summed E-state index contributed by atoms with van der Waals surface area (Å²) in [6.07, 6.45) is 0.512. The third-order valence-corrected chi connectivity index (χ3v) is 2.10. The van der Waals surface area contributed by atoms with Gasteiger partial charge < -0.3 is 0 Å². The third kappa shape index (κ3) is 3.32. The Morgan fingerprint density at radius 2 is 2.08 bits per heavy atom. The molecule has 0 amide bonds. The molecule has 4 heteroatoms.